The third-order valence-corrected chi connectivity index (χ3v) is 4.02. The fourth-order valence-electron chi connectivity index (χ4n) is 2.63. The van der Waals surface area contributed by atoms with Crippen LogP contribution < -0.4 is 16.0 Å². The molecule has 0 spiro atoms. The Kier molecular flexibility index (Phi) is 5.55. The predicted octanol–water partition coefficient (Wildman–Crippen LogP) is 1.53. The van der Waals surface area contributed by atoms with Crippen molar-refractivity contribution >= 4 is 17.8 Å². The van der Waals surface area contributed by atoms with Crippen LogP contribution >= 0.6 is 0 Å². The smallest absolute Gasteiger partial charge is 0.231 e. The van der Waals surface area contributed by atoms with Gasteiger partial charge < -0.3 is 20.7 Å². The summed E-state index contributed by atoms with van der Waals surface area (Å²) in [6.45, 7) is 9.65. The molecule has 0 aliphatic carbocycles. The van der Waals surface area contributed by atoms with Crippen LogP contribution in [0.15, 0.2) is 0 Å². The summed E-state index contributed by atoms with van der Waals surface area (Å²) in [7, 11) is 0. The molecule has 118 valence electrons. The molecule has 1 unspecified atom stereocenters. The van der Waals surface area contributed by atoms with E-state index < -0.39 is 0 Å². The standard InChI is InChI=1S/C14H26N6O/c1-4-20(5-2)14-18-12(15)17-13(19-14)16-10(3)11-6-8-21-9-7-11/h10-11H,4-9H2,1-3H3,(H3,15,16,17,18,19). The molecule has 1 aromatic heterocycles. The number of anilines is 3. The number of nitrogens with two attached hydrogens (primary N) is 1. The molecule has 2 heterocycles. The van der Waals surface area contributed by atoms with Crippen molar-refractivity contribution in [2.75, 3.05) is 42.3 Å². The predicted molar refractivity (Wildman–Crippen MR) is 84.4 cm³/mol. The summed E-state index contributed by atoms with van der Waals surface area (Å²) in [4.78, 5) is 15.0. The topological polar surface area (TPSA) is 89.2 Å². The van der Waals surface area contributed by atoms with Gasteiger partial charge in [-0.2, -0.15) is 15.0 Å². The van der Waals surface area contributed by atoms with Crippen molar-refractivity contribution in [1.82, 2.24) is 15.0 Å². The molecule has 0 saturated carbocycles. The highest BCUT2D eigenvalue weighted by atomic mass is 16.5. The molecule has 1 aliphatic rings. The van der Waals surface area contributed by atoms with Crippen LogP contribution in [0.25, 0.3) is 0 Å². The third-order valence-electron chi connectivity index (χ3n) is 4.02. The van der Waals surface area contributed by atoms with Gasteiger partial charge in [0.2, 0.25) is 17.8 Å². The molecule has 1 atom stereocenters. The highest BCUT2D eigenvalue weighted by Crippen LogP contribution is 2.21. The molecule has 0 bridgehead atoms. The van der Waals surface area contributed by atoms with Gasteiger partial charge in [-0.15, -0.1) is 0 Å². The van der Waals surface area contributed by atoms with E-state index in [9.17, 15) is 0 Å². The molecule has 2 rings (SSSR count). The monoisotopic (exact) mass is 294 g/mol. The van der Waals surface area contributed by atoms with Gasteiger partial charge in [0.25, 0.3) is 0 Å². The second-order valence-corrected chi connectivity index (χ2v) is 5.37. The zero-order valence-corrected chi connectivity index (χ0v) is 13.2. The molecule has 1 aromatic rings. The van der Waals surface area contributed by atoms with Crippen LogP contribution in [0.4, 0.5) is 17.8 Å². The summed E-state index contributed by atoms with van der Waals surface area (Å²) < 4.78 is 5.40. The number of nitrogens with zero attached hydrogens (tertiary/aromatic N) is 4. The van der Waals surface area contributed by atoms with E-state index in [0.29, 0.717) is 23.9 Å². The second kappa shape index (κ2) is 7.40. The van der Waals surface area contributed by atoms with E-state index in [2.05, 4.69) is 45.9 Å². The van der Waals surface area contributed by atoms with Crippen molar-refractivity contribution in [3.63, 3.8) is 0 Å². The molecular formula is C14H26N6O. The lowest BCUT2D eigenvalue weighted by atomic mass is 9.93. The molecule has 1 fully saturated rings. The van der Waals surface area contributed by atoms with E-state index in [0.717, 1.165) is 39.1 Å². The maximum absolute atomic E-state index is 5.81. The van der Waals surface area contributed by atoms with Crippen molar-refractivity contribution in [2.45, 2.75) is 39.7 Å². The molecule has 0 radical (unpaired) electrons. The Morgan fingerprint density at radius 3 is 2.52 bits per heavy atom. The number of aromatic nitrogens is 3. The van der Waals surface area contributed by atoms with Gasteiger partial charge >= 0.3 is 0 Å². The molecule has 1 aliphatic heterocycles. The van der Waals surface area contributed by atoms with Crippen molar-refractivity contribution < 1.29 is 4.74 Å². The minimum absolute atomic E-state index is 0.258. The van der Waals surface area contributed by atoms with Gasteiger partial charge in [-0.25, -0.2) is 0 Å². The maximum Gasteiger partial charge on any atom is 0.231 e. The summed E-state index contributed by atoms with van der Waals surface area (Å²) in [6, 6.07) is 0.292. The SMILES string of the molecule is CCN(CC)c1nc(N)nc(NC(C)C2CCOCC2)n1. The molecule has 3 N–H and O–H groups in total. The van der Waals surface area contributed by atoms with Crippen LogP contribution in [0.3, 0.4) is 0 Å². The lowest BCUT2D eigenvalue weighted by Crippen LogP contribution is -2.32. The van der Waals surface area contributed by atoms with E-state index in [1.165, 1.54) is 0 Å². The summed E-state index contributed by atoms with van der Waals surface area (Å²) >= 11 is 0. The number of nitrogen functional groups attached to an aromatic ring is 1. The van der Waals surface area contributed by atoms with Gasteiger partial charge in [0.05, 0.1) is 0 Å². The van der Waals surface area contributed by atoms with Gasteiger partial charge in [0.15, 0.2) is 0 Å². The Balaban J connectivity index is 2.08. The average molecular weight is 294 g/mol. The lowest BCUT2D eigenvalue weighted by molar-refractivity contribution is 0.0621. The largest absolute Gasteiger partial charge is 0.381 e. The van der Waals surface area contributed by atoms with Crippen LogP contribution in [0.1, 0.15) is 33.6 Å². The number of rotatable bonds is 6. The molecule has 7 heteroatoms. The Morgan fingerprint density at radius 1 is 1.24 bits per heavy atom. The van der Waals surface area contributed by atoms with Crippen molar-refractivity contribution in [2.24, 2.45) is 5.92 Å². The fourth-order valence-corrected chi connectivity index (χ4v) is 2.63. The normalized spacial score (nSPS) is 17.5. The lowest BCUT2D eigenvalue weighted by Gasteiger charge is -2.28. The Labute approximate surface area is 126 Å². The Morgan fingerprint density at radius 2 is 1.90 bits per heavy atom. The van der Waals surface area contributed by atoms with Gasteiger partial charge in [-0.05, 0) is 39.5 Å². The zero-order chi connectivity index (χ0) is 15.2. The Hall–Kier alpha value is -1.63. The van der Waals surface area contributed by atoms with Gasteiger partial charge in [-0.3, -0.25) is 0 Å². The second-order valence-electron chi connectivity index (χ2n) is 5.37. The number of nitrogens with one attached hydrogen (secondary N) is 1. The number of hydrogen-bond donors (Lipinski definition) is 2. The van der Waals surface area contributed by atoms with E-state index in [4.69, 9.17) is 10.5 Å². The average Bonchev–Trinajstić information content (AvgIpc) is 2.49. The first-order valence-electron chi connectivity index (χ1n) is 7.74. The maximum atomic E-state index is 5.81. The number of hydrogen-bond acceptors (Lipinski definition) is 7. The molecule has 0 aromatic carbocycles. The van der Waals surface area contributed by atoms with Gasteiger partial charge in [0.1, 0.15) is 0 Å². The van der Waals surface area contributed by atoms with E-state index in [-0.39, 0.29) is 5.95 Å². The van der Waals surface area contributed by atoms with Crippen molar-refractivity contribution in [1.29, 1.82) is 0 Å². The molecule has 0 amide bonds. The molecule has 7 nitrogen and oxygen atoms in total. The highest BCUT2D eigenvalue weighted by molar-refractivity contribution is 5.42. The summed E-state index contributed by atoms with van der Waals surface area (Å²) in [5.74, 6) is 2.03. The van der Waals surface area contributed by atoms with Crippen LogP contribution in [-0.4, -0.2) is 47.3 Å². The first-order valence-corrected chi connectivity index (χ1v) is 7.74. The van der Waals surface area contributed by atoms with Crippen molar-refractivity contribution in [3.05, 3.63) is 0 Å². The summed E-state index contributed by atoms with van der Waals surface area (Å²) in [6.07, 6.45) is 2.13. The van der Waals surface area contributed by atoms with E-state index in [1.807, 2.05) is 0 Å². The van der Waals surface area contributed by atoms with Crippen LogP contribution in [-0.2, 0) is 4.74 Å². The first-order chi connectivity index (χ1) is 10.1. The van der Waals surface area contributed by atoms with Gasteiger partial charge in [0, 0.05) is 32.3 Å². The van der Waals surface area contributed by atoms with Crippen LogP contribution in [0.5, 0.6) is 0 Å². The summed E-state index contributed by atoms with van der Waals surface area (Å²) in [5, 5.41) is 3.37. The minimum atomic E-state index is 0.258. The zero-order valence-electron chi connectivity index (χ0n) is 13.2. The van der Waals surface area contributed by atoms with Crippen LogP contribution in [0.2, 0.25) is 0 Å². The summed E-state index contributed by atoms with van der Waals surface area (Å²) in [5.41, 5.74) is 5.81. The van der Waals surface area contributed by atoms with Crippen LogP contribution in [0, 0.1) is 5.92 Å². The number of ether oxygens (including phenoxy) is 1. The Bertz CT molecular complexity index is 445. The first kappa shape index (κ1) is 15.8. The van der Waals surface area contributed by atoms with Crippen molar-refractivity contribution in [3.8, 4) is 0 Å². The molecular weight excluding hydrogens is 268 g/mol. The molecule has 1 saturated heterocycles. The highest BCUT2D eigenvalue weighted by Gasteiger charge is 2.21. The van der Waals surface area contributed by atoms with E-state index >= 15 is 0 Å². The quantitative estimate of drug-likeness (QED) is 0.822. The molecule has 21 heavy (non-hydrogen) atoms. The van der Waals surface area contributed by atoms with E-state index in [1.54, 1.807) is 0 Å². The third kappa shape index (κ3) is 4.17. The van der Waals surface area contributed by atoms with Gasteiger partial charge in [-0.1, -0.05) is 0 Å². The minimum Gasteiger partial charge on any atom is -0.381 e. The fraction of sp³-hybridized carbons (Fsp3) is 0.786.